The van der Waals surface area contributed by atoms with Gasteiger partial charge in [-0.1, -0.05) is 33.3 Å². The number of hydrogen-bond donors (Lipinski definition) is 0. The molecule has 2 aliphatic rings. The third kappa shape index (κ3) is 2.38. The highest BCUT2D eigenvalue weighted by Gasteiger charge is 2.33. The molecule has 2 rings (SSSR count). The Bertz CT molecular complexity index is 231. The van der Waals surface area contributed by atoms with Crippen LogP contribution in [0.1, 0.15) is 46.5 Å². The molecule has 1 saturated carbocycles. The third-order valence-electron chi connectivity index (χ3n) is 4.26. The van der Waals surface area contributed by atoms with Crippen LogP contribution in [0.5, 0.6) is 0 Å². The molecule has 3 atom stereocenters. The molecule has 0 aromatic heterocycles. The third-order valence-corrected chi connectivity index (χ3v) is 4.26. The van der Waals surface area contributed by atoms with Crippen LogP contribution in [-0.4, -0.2) is 17.5 Å². The minimum absolute atomic E-state index is 0.826. The molecular weight excluding hydrogens is 182 g/mol. The number of nitrogens with zero attached hydrogens (tertiary/aromatic N) is 1. The van der Waals surface area contributed by atoms with Gasteiger partial charge in [0.15, 0.2) is 0 Å². The van der Waals surface area contributed by atoms with Crippen LogP contribution in [0.2, 0.25) is 0 Å². The molecule has 1 aliphatic heterocycles. The van der Waals surface area contributed by atoms with Crippen LogP contribution in [0.15, 0.2) is 12.3 Å². The van der Waals surface area contributed by atoms with Crippen molar-refractivity contribution in [2.24, 2.45) is 17.8 Å². The summed E-state index contributed by atoms with van der Waals surface area (Å²) >= 11 is 0. The van der Waals surface area contributed by atoms with Gasteiger partial charge in [0.2, 0.25) is 0 Å². The van der Waals surface area contributed by atoms with Gasteiger partial charge in [-0.2, -0.15) is 0 Å². The molecule has 0 N–H and O–H groups in total. The van der Waals surface area contributed by atoms with Crippen molar-refractivity contribution in [1.29, 1.82) is 0 Å². The summed E-state index contributed by atoms with van der Waals surface area (Å²) in [6.07, 6.45) is 10.2. The topological polar surface area (TPSA) is 3.24 Å². The van der Waals surface area contributed by atoms with E-state index in [4.69, 9.17) is 0 Å². The highest BCUT2D eigenvalue weighted by atomic mass is 15.2. The predicted molar refractivity (Wildman–Crippen MR) is 65.6 cm³/mol. The first-order valence-electron chi connectivity index (χ1n) is 6.61. The van der Waals surface area contributed by atoms with Crippen molar-refractivity contribution in [3.63, 3.8) is 0 Å². The van der Waals surface area contributed by atoms with E-state index in [2.05, 4.69) is 37.9 Å². The zero-order valence-electron chi connectivity index (χ0n) is 10.4. The molecule has 0 saturated heterocycles. The van der Waals surface area contributed by atoms with E-state index in [1.54, 1.807) is 0 Å². The smallest absolute Gasteiger partial charge is 0.0317 e. The van der Waals surface area contributed by atoms with Gasteiger partial charge in [-0.25, -0.2) is 0 Å². The minimum Gasteiger partial charge on any atom is -0.374 e. The van der Waals surface area contributed by atoms with Crippen molar-refractivity contribution in [3.05, 3.63) is 12.3 Å². The van der Waals surface area contributed by atoms with Gasteiger partial charge in [0.1, 0.15) is 0 Å². The largest absolute Gasteiger partial charge is 0.374 e. The van der Waals surface area contributed by atoms with Crippen LogP contribution in [-0.2, 0) is 0 Å². The van der Waals surface area contributed by atoms with Crippen molar-refractivity contribution in [3.8, 4) is 0 Å². The van der Waals surface area contributed by atoms with E-state index in [0.29, 0.717) is 0 Å². The van der Waals surface area contributed by atoms with Crippen LogP contribution in [0.25, 0.3) is 0 Å². The molecule has 3 unspecified atom stereocenters. The first kappa shape index (κ1) is 11.0. The Morgan fingerprint density at radius 2 is 2.07 bits per heavy atom. The molecule has 86 valence electrons. The van der Waals surface area contributed by atoms with E-state index in [-0.39, 0.29) is 0 Å². The van der Waals surface area contributed by atoms with Crippen LogP contribution < -0.4 is 0 Å². The van der Waals surface area contributed by atoms with Crippen LogP contribution in [0.4, 0.5) is 0 Å². The average Bonchev–Trinajstić information content (AvgIpc) is 2.69. The lowest BCUT2D eigenvalue weighted by molar-refractivity contribution is 0.0983. The minimum atomic E-state index is 0.826. The molecule has 0 spiro atoms. The zero-order valence-corrected chi connectivity index (χ0v) is 10.4. The molecule has 0 aromatic rings. The zero-order chi connectivity index (χ0) is 10.8. The van der Waals surface area contributed by atoms with E-state index in [9.17, 15) is 0 Å². The van der Waals surface area contributed by atoms with E-state index < -0.39 is 0 Å². The van der Waals surface area contributed by atoms with E-state index in [0.717, 1.165) is 23.8 Å². The molecule has 1 nitrogen and oxygen atoms in total. The molecule has 1 heteroatoms. The standard InChI is InChI=1S/C14H25N/c1-11(2)13-7-6-12(3)10-14(13)15-8-4-5-9-15/h4,8,11-14H,5-7,9-10H2,1-3H3. The molecule has 0 amide bonds. The van der Waals surface area contributed by atoms with Gasteiger partial charge in [-0.3, -0.25) is 0 Å². The lowest BCUT2D eigenvalue weighted by atomic mass is 9.73. The van der Waals surface area contributed by atoms with Crippen molar-refractivity contribution in [1.82, 2.24) is 4.90 Å². The molecule has 0 aromatic carbocycles. The molecule has 0 radical (unpaired) electrons. The van der Waals surface area contributed by atoms with Crippen LogP contribution in [0, 0.1) is 17.8 Å². The Morgan fingerprint density at radius 3 is 2.67 bits per heavy atom. The summed E-state index contributed by atoms with van der Waals surface area (Å²) in [4.78, 5) is 2.61. The lowest BCUT2D eigenvalue weighted by Gasteiger charge is -2.42. The summed E-state index contributed by atoms with van der Waals surface area (Å²) in [6, 6.07) is 0.826. The summed E-state index contributed by atoms with van der Waals surface area (Å²) in [5.74, 6) is 2.69. The van der Waals surface area contributed by atoms with Crippen molar-refractivity contribution < 1.29 is 0 Å². The Labute approximate surface area is 94.5 Å². The summed E-state index contributed by atoms with van der Waals surface area (Å²) in [6.45, 7) is 8.48. The number of rotatable bonds is 2. The van der Waals surface area contributed by atoms with Crippen LogP contribution >= 0.6 is 0 Å². The monoisotopic (exact) mass is 207 g/mol. The normalized spacial score (nSPS) is 36.5. The predicted octanol–water partition coefficient (Wildman–Crippen LogP) is 3.67. The molecule has 0 bridgehead atoms. The summed E-state index contributed by atoms with van der Waals surface area (Å²) in [5, 5.41) is 0. The molecule has 1 heterocycles. The fourth-order valence-corrected chi connectivity index (χ4v) is 3.32. The first-order valence-corrected chi connectivity index (χ1v) is 6.61. The second-order valence-electron chi connectivity index (χ2n) is 5.80. The highest BCUT2D eigenvalue weighted by molar-refractivity contribution is 4.98. The van der Waals surface area contributed by atoms with Gasteiger partial charge >= 0.3 is 0 Å². The van der Waals surface area contributed by atoms with Gasteiger partial charge in [0.25, 0.3) is 0 Å². The SMILES string of the molecule is CC1CCC(C(C)C)C(N2C=CCC2)C1. The quantitative estimate of drug-likeness (QED) is 0.668. The van der Waals surface area contributed by atoms with Gasteiger partial charge in [0, 0.05) is 12.6 Å². The second kappa shape index (κ2) is 4.59. The molecule has 1 aliphatic carbocycles. The fraction of sp³-hybridized carbons (Fsp3) is 0.857. The lowest BCUT2D eigenvalue weighted by Crippen LogP contribution is -2.42. The molecule has 15 heavy (non-hydrogen) atoms. The Balaban J connectivity index is 2.05. The van der Waals surface area contributed by atoms with Crippen molar-refractivity contribution in [2.45, 2.75) is 52.5 Å². The van der Waals surface area contributed by atoms with Gasteiger partial charge in [0.05, 0.1) is 0 Å². The van der Waals surface area contributed by atoms with Crippen molar-refractivity contribution in [2.75, 3.05) is 6.54 Å². The maximum absolute atomic E-state index is 2.61. The maximum Gasteiger partial charge on any atom is 0.0317 e. The maximum atomic E-state index is 2.61. The van der Waals surface area contributed by atoms with E-state index in [1.165, 1.54) is 32.2 Å². The van der Waals surface area contributed by atoms with Gasteiger partial charge in [-0.05, 0) is 43.2 Å². The fourth-order valence-electron chi connectivity index (χ4n) is 3.32. The highest BCUT2D eigenvalue weighted by Crippen LogP contribution is 2.37. The summed E-state index contributed by atoms with van der Waals surface area (Å²) in [7, 11) is 0. The first-order chi connectivity index (χ1) is 7.18. The van der Waals surface area contributed by atoms with Gasteiger partial charge in [-0.15, -0.1) is 0 Å². The molecular formula is C14H25N. The summed E-state index contributed by atoms with van der Waals surface area (Å²) < 4.78 is 0. The second-order valence-corrected chi connectivity index (χ2v) is 5.80. The Kier molecular flexibility index (Phi) is 3.38. The Morgan fingerprint density at radius 1 is 1.27 bits per heavy atom. The van der Waals surface area contributed by atoms with Crippen molar-refractivity contribution >= 4 is 0 Å². The van der Waals surface area contributed by atoms with E-state index >= 15 is 0 Å². The number of hydrogen-bond acceptors (Lipinski definition) is 1. The molecule has 1 fully saturated rings. The van der Waals surface area contributed by atoms with Gasteiger partial charge < -0.3 is 4.90 Å². The van der Waals surface area contributed by atoms with Crippen LogP contribution in [0.3, 0.4) is 0 Å². The van der Waals surface area contributed by atoms with E-state index in [1.807, 2.05) is 0 Å². The summed E-state index contributed by atoms with van der Waals surface area (Å²) in [5.41, 5.74) is 0. The average molecular weight is 207 g/mol. The Hall–Kier alpha value is -0.460.